The summed E-state index contributed by atoms with van der Waals surface area (Å²) < 4.78 is 0. The molecule has 0 saturated carbocycles. The Bertz CT molecular complexity index is 1280. The standard InChI is InChI=1S/C29H30N4O4/c1-3-31(4-2)27(35)23-16-11-17-24(18-23)30-25(34)20-33-28(36)26(22-14-9-6-10-15-22)32(29(33)37)19-21-12-7-5-8-13-21/h5-18,26H,3-4,19-20H2,1-2H3,(H,30,34). The van der Waals surface area contributed by atoms with Crippen molar-refractivity contribution in [3.8, 4) is 0 Å². The number of hydrogen-bond acceptors (Lipinski definition) is 4. The van der Waals surface area contributed by atoms with Gasteiger partial charge in [-0.2, -0.15) is 0 Å². The van der Waals surface area contributed by atoms with Gasteiger partial charge >= 0.3 is 6.03 Å². The molecule has 0 spiro atoms. The van der Waals surface area contributed by atoms with E-state index in [0.29, 0.717) is 29.9 Å². The molecule has 0 aliphatic carbocycles. The van der Waals surface area contributed by atoms with Gasteiger partial charge in [-0.15, -0.1) is 0 Å². The minimum absolute atomic E-state index is 0.131. The number of carbonyl (C=O) groups excluding carboxylic acids is 4. The summed E-state index contributed by atoms with van der Waals surface area (Å²) in [7, 11) is 0. The summed E-state index contributed by atoms with van der Waals surface area (Å²) in [6.45, 7) is 4.77. The van der Waals surface area contributed by atoms with Crippen molar-refractivity contribution >= 4 is 29.4 Å². The fourth-order valence-corrected chi connectivity index (χ4v) is 4.45. The Kier molecular flexibility index (Phi) is 7.98. The number of rotatable bonds is 9. The second-order valence-corrected chi connectivity index (χ2v) is 8.74. The average Bonchev–Trinajstić information content (AvgIpc) is 3.14. The number of amides is 5. The normalized spacial score (nSPS) is 15.1. The Morgan fingerprint density at radius 1 is 0.865 bits per heavy atom. The van der Waals surface area contributed by atoms with E-state index in [1.807, 2.05) is 62.4 Å². The highest BCUT2D eigenvalue weighted by Crippen LogP contribution is 2.32. The van der Waals surface area contributed by atoms with Gasteiger partial charge in [-0.05, 0) is 43.2 Å². The first-order valence-electron chi connectivity index (χ1n) is 12.3. The van der Waals surface area contributed by atoms with Gasteiger partial charge in [0.1, 0.15) is 12.6 Å². The third-order valence-corrected chi connectivity index (χ3v) is 6.34. The van der Waals surface area contributed by atoms with E-state index in [2.05, 4.69) is 5.32 Å². The van der Waals surface area contributed by atoms with Crippen LogP contribution in [0.4, 0.5) is 10.5 Å². The molecule has 1 aliphatic rings. The van der Waals surface area contributed by atoms with E-state index in [-0.39, 0.29) is 12.5 Å². The Balaban J connectivity index is 1.52. The molecule has 5 amide bonds. The number of benzene rings is 3. The molecule has 1 unspecified atom stereocenters. The van der Waals surface area contributed by atoms with E-state index >= 15 is 0 Å². The highest BCUT2D eigenvalue weighted by atomic mass is 16.2. The molecule has 0 aromatic heterocycles. The molecule has 0 radical (unpaired) electrons. The van der Waals surface area contributed by atoms with Crippen molar-refractivity contribution in [2.45, 2.75) is 26.4 Å². The van der Waals surface area contributed by atoms with Crippen LogP contribution >= 0.6 is 0 Å². The summed E-state index contributed by atoms with van der Waals surface area (Å²) in [5, 5.41) is 2.72. The lowest BCUT2D eigenvalue weighted by molar-refractivity contribution is -0.131. The maximum atomic E-state index is 13.4. The lowest BCUT2D eigenvalue weighted by atomic mass is 10.1. The fraction of sp³-hybridized carbons (Fsp3) is 0.241. The fourth-order valence-electron chi connectivity index (χ4n) is 4.45. The van der Waals surface area contributed by atoms with Crippen LogP contribution in [0.5, 0.6) is 0 Å². The van der Waals surface area contributed by atoms with Gasteiger partial charge in [-0.25, -0.2) is 4.79 Å². The first-order chi connectivity index (χ1) is 17.9. The summed E-state index contributed by atoms with van der Waals surface area (Å²) >= 11 is 0. The minimum atomic E-state index is -0.822. The van der Waals surface area contributed by atoms with Gasteiger partial charge in [-0.1, -0.05) is 66.7 Å². The Morgan fingerprint density at radius 3 is 2.16 bits per heavy atom. The maximum Gasteiger partial charge on any atom is 0.328 e. The van der Waals surface area contributed by atoms with Gasteiger partial charge in [0, 0.05) is 30.9 Å². The second kappa shape index (κ2) is 11.5. The quantitative estimate of drug-likeness (QED) is 0.445. The van der Waals surface area contributed by atoms with E-state index in [1.54, 1.807) is 41.3 Å². The number of nitrogens with zero attached hydrogens (tertiary/aromatic N) is 3. The summed E-state index contributed by atoms with van der Waals surface area (Å²) in [4.78, 5) is 56.6. The lowest BCUT2D eigenvalue weighted by Gasteiger charge is -2.22. The smallest absolute Gasteiger partial charge is 0.328 e. The van der Waals surface area contributed by atoms with Gasteiger partial charge in [0.2, 0.25) is 5.91 Å². The lowest BCUT2D eigenvalue weighted by Crippen LogP contribution is -2.38. The van der Waals surface area contributed by atoms with Crippen molar-refractivity contribution in [3.63, 3.8) is 0 Å². The highest BCUT2D eigenvalue weighted by molar-refractivity contribution is 6.08. The molecule has 1 fully saturated rings. The van der Waals surface area contributed by atoms with Crippen LogP contribution in [0, 0.1) is 0 Å². The SMILES string of the molecule is CCN(CC)C(=O)c1cccc(NC(=O)CN2C(=O)C(c3ccccc3)N(Cc3ccccc3)C2=O)c1. The molecule has 1 heterocycles. The number of imide groups is 1. The van der Waals surface area contributed by atoms with Crippen molar-refractivity contribution in [1.82, 2.24) is 14.7 Å². The monoisotopic (exact) mass is 498 g/mol. The van der Waals surface area contributed by atoms with E-state index in [4.69, 9.17) is 0 Å². The van der Waals surface area contributed by atoms with Gasteiger partial charge in [0.25, 0.3) is 11.8 Å². The molecule has 1 saturated heterocycles. The van der Waals surface area contributed by atoms with Gasteiger partial charge in [-0.3, -0.25) is 19.3 Å². The van der Waals surface area contributed by atoms with Crippen molar-refractivity contribution in [2.24, 2.45) is 0 Å². The van der Waals surface area contributed by atoms with Crippen LogP contribution in [0.15, 0.2) is 84.9 Å². The Morgan fingerprint density at radius 2 is 1.51 bits per heavy atom. The number of urea groups is 1. The molecule has 8 heteroatoms. The maximum absolute atomic E-state index is 13.4. The number of hydrogen-bond donors (Lipinski definition) is 1. The van der Waals surface area contributed by atoms with Crippen LogP contribution in [-0.4, -0.2) is 58.1 Å². The van der Waals surface area contributed by atoms with E-state index in [0.717, 1.165) is 10.5 Å². The minimum Gasteiger partial charge on any atom is -0.339 e. The first-order valence-corrected chi connectivity index (χ1v) is 12.3. The van der Waals surface area contributed by atoms with Crippen LogP contribution in [0.2, 0.25) is 0 Å². The summed E-state index contributed by atoms with van der Waals surface area (Å²) in [5.74, 6) is -1.11. The Hall–Kier alpha value is -4.46. The van der Waals surface area contributed by atoms with Crippen LogP contribution in [0.3, 0.4) is 0 Å². The molecule has 1 N–H and O–H groups in total. The summed E-state index contributed by atoms with van der Waals surface area (Å²) in [6.07, 6.45) is 0. The van der Waals surface area contributed by atoms with E-state index < -0.39 is 30.4 Å². The zero-order valence-corrected chi connectivity index (χ0v) is 21.0. The van der Waals surface area contributed by atoms with Crippen LogP contribution < -0.4 is 5.32 Å². The first kappa shape index (κ1) is 25.6. The molecule has 4 rings (SSSR count). The second-order valence-electron chi connectivity index (χ2n) is 8.74. The predicted molar refractivity (Wildman–Crippen MR) is 141 cm³/mol. The van der Waals surface area contributed by atoms with Crippen molar-refractivity contribution in [2.75, 3.05) is 25.0 Å². The number of anilines is 1. The van der Waals surface area contributed by atoms with Crippen LogP contribution in [0.25, 0.3) is 0 Å². The van der Waals surface area contributed by atoms with E-state index in [1.165, 1.54) is 4.90 Å². The van der Waals surface area contributed by atoms with Crippen molar-refractivity contribution in [1.29, 1.82) is 0 Å². The van der Waals surface area contributed by atoms with Crippen molar-refractivity contribution in [3.05, 3.63) is 102 Å². The number of carbonyl (C=O) groups is 4. The molecule has 1 atom stereocenters. The van der Waals surface area contributed by atoms with Gasteiger partial charge in [0.15, 0.2) is 0 Å². The van der Waals surface area contributed by atoms with Crippen molar-refractivity contribution < 1.29 is 19.2 Å². The molecule has 0 bridgehead atoms. The molecule has 1 aliphatic heterocycles. The zero-order chi connectivity index (χ0) is 26.4. The molecule has 190 valence electrons. The van der Waals surface area contributed by atoms with Gasteiger partial charge in [0.05, 0.1) is 0 Å². The largest absolute Gasteiger partial charge is 0.339 e. The predicted octanol–water partition coefficient (Wildman–Crippen LogP) is 4.31. The summed E-state index contributed by atoms with van der Waals surface area (Å²) in [5.41, 5.74) is 2.43. The van der Waals surface area contributed by atoms with Gasteiger partial charge < -0.3 is 15.1 Å². The molecular formula is C29H30N4O4. The molecule has 3 aromatic rings. The average molecular weight is 499 g/mol. The topological polar surface area (TPSA) is 90.0 Å². The highest BCUT2D eigenvalue weighted by Gasteiger charge is 2.46. The van der Waals surface area contributed by atoms with Crippen LogP contribution in [-0.2, 0) is 16.1 Å². The molecular weight excluding hydrogens is 468 g/mol. The number of nitrogens with one attached hydrogen (secondary N) is 1. The third-order valence-electron chi connectivity index (χ3n) is 6.34. The van der Waals surface area contributed by atoms with Crippen LogP contribution in [0.1, 0.15) is 41.4 Å². The molecule has 3 aromatic carbocycles. The zero-order valence-electron chi connectivity index (χ0n) is 21.0. The third kappa shape index (κ3) is 5.69. The molecule has 8 nitrogen and oxygen atoms in total. The Labute approximate surface area is 216 Å². The summed E-state index contributed by atoms with van der Waals surface area (Å²) in [6, 6.07) is 23.8. The molecule has 37 heavy (non-hydrogen) atoms. The van der Waals surface area contributed by atoms with E-state index in [9.17, 15) is 19.2 Å².